The van der Waals surface area contributed by atoms with Crippen molar-refractivity contribution in [2.24, 2.45) is 0 Å². The summed E-state index contributed by atoms with van der Waals surface area (Å²) >= 11 is 0. The van der Waals surface area contributed by atoms with Gasteiger partial charge >= 0.3 is 0 Å². The maximum Gasteiger partial charge on any atom is 0.224 e. The minimum Gasteiger partial charge on any atom is -0.375 e. The summed E-state index contributed by atoms with van der Waals surface area (Å²) in [4.78, 5) is 15.1. The molecule has 0 saturated heterocycles. The number of imidazole rings is 1. The van der Waals surface area contributed by atoms with Crippen LogP contribution in [0.5, 0.6) is 0 Å². The lowest BCUT2D eigenvalue weighted by Gasteiger charge is -2.07. The molecule has 0 radical (unpaired) electrons. The summed E-state index contributed by atoms with van der Waals surface area (Å²) in [6.07, 6.45) is 1.56. The van der Waals surface area contributed by atoms with E-state index in [1.165, 1.54) is 0 Å². The second kappa shape index (κ2) is 5.46. The Bertz CT molecular complexity index is 549. The molecule has 2 rings (SSSR count). The van der Waals surface area contributed by atoms with E-state index in [9.17, 15) is 0 Å². The summed E-state index contributed by atoms with van der Waals surface area (Å²) < 4.78 is 5.38. The molecule has 4 N–H and O–H groups in total. The van der Waals surface area contributed by atoms with Gasteiger partial charge in [-0.1, -0.05) is 12.2 Å². The summed E-state index contributed by atoms with van der Waals surface area (Å²) in [6, 6.07) is 0. The number of H-pyrrole nitrogens is 1. The van der Waals surface area contributed by atoms with E-state index in [-0.39, 0.29) is 5.95 Å². The molecule has 0 aliphatic carbocycles. The van der Waals surface area contributed by atoms with Crippen LogP contribution in [0.1, 0.15) is 6.92 Å². The van der Waals surface area contributed by atoms with E-state index in [4.69, 9.17) is 10.5 Å². The minimum absolute atomic E-state index is 0.194. The summed E-state index contributed by atoms with van der Waals surface area (Å²) in [5.74, 6) is 0.828. The average Bonchev–Trinajstić information content (AvgIpc) is 2.75. The van der Waals surface area contributed by atoms with E-state index in [1.54, 1.807) is 6.33 Å². The predicted molar refractivity (Wildman–Crippen MR) is 70.2 cm³/mol. The van der Waals surface area contributed by atoms with Crippen molar-refractivity contribution in [3.63, 3.8) is 0 Å². The maximum absolute atomic E-state index is 5.60. The molecule has 0 atom stereocenters. The molecule has 2 aromatic heterocycles. The van der Waals surface area contributed by atoms with Crippen molar-refractivity contribution in [2.45, 2.75) is 6.92 Å². The molecule has 0 saturated carbocycles. The Hall–Kier alpha value is -2.15. The summed E-state index contributed by atoms with van der Waals surface area (Å²) in [6.45, 7) is 7.43. The second-order valence-electron chi connectivity index (χ2n) is 3.97. The van der Waals surface area contributed by atoms with Crippen LogP contribution in [0.15, 0.2) is 18.5 Å². The number of hydrogen-bond donors (Lipinski definition) is 3. The highest BCUT2D eigenvalue weighted by molar-refractivity contribution is 5.83. The van der Waals surface area contributed by atoms with Gasteiger partial charge in [-0.3, -0.25) is 0 Å². The van der Waals surface area contributed by atoms with Crippen molar-refractivity contribution in [1.82, 2.24) is 19.9 Å². The molecule has 0 bridgehead atoms. The van der Waals surface area contributed by atoms with Crippen LogP contribution < -0.4 is 11.1 Å². The Morgan fingerprint density at radius 2 is 2.39 bits per heavy atom. The summed E-state index contributed by atoms with van der Waals surface area (Å²) in [5.41, 5.74) is 7.88. The third-order valence-electron chi connectivity index (χ3n) is 2.19. The number of ether oxygens (including phenoxy) is 1. The lowest BCUT2D eigenvalue weighted by Crippen LogP contribution is -2.12. The Labute approximate surface area is 104 Å². The highest BCUT2D eigenvalue weighted by Gasteiger charge is 2.07. The normalized spacial score (nSPS) is 10.7. The number of aromatic amines is 1. The standard InChI is InChI=1S/C11H16N6O/c1-7(2)5-18-4-3-13-9-8-10(15-6-14-8)17-11(12)16-9/h6H,1,3-5H2,2H3,(H4,12,13,14,15,16,17). The van der Waals surface area contributed by atoms with Crippen LogP contribution in [0.4, 0.5) is 11.8 Å². The van der Waals surface area contributed by atoms with E-state index >= 15 is 0 Å². The van der Waals surface area contributed by atoms with Crippen LogP contribution in [-0.4, -0.2) is 39.7 Å². The number of aromatic nitrogens is 4. The topological polar surface area (TPSA) is 102 Å². The Balaban J connectivity index is 1.94. The number of anilines is 2. The first-order valence-corrected chi connectivity index (χ1v) is 5.59. The van der Waals surface area contributed by atoms with Gasteiger partial charge in [-0.25, -0.2) is 4.98 Å². The van der Waals surface area contributed by atoms with Crippen molar-refractivity contribution >= 4 is 22.9 Å². The van der Waals surface area contributed by atoms with Gasteiger partial charge < -0.3 is 20.8 Å². The zero-order chi connectivity index (χ0) is 13.0. The Kier molecular flexibility index (Phi) is 3.73. The van der Waals surface area contributed by atoms with Crippen molar-refractivity contribution in [2.75, 3.05) is 30.8 Å². The lowest BCUT2D eigenvalue weighted by atomic mass is 10.4. The number of nitrogens with zero attached hydrogens (tertiary/aromatic N) is 3. The fourth-order valence-corrected chi connectivity index (χ4v) is 1.47. The Morgan fingerprint density at radius 3 is 3.17 bits per heavy atom. The number of nitrogen functional groups attached to an aromatic ring is 1. The molecule has 96 valence electrons. The van der Waals surface area contributed by atoms with Gasteiger partial charge in [0, 0.05) is 6.54 Å². The smallest absolute Gasteiger partial charge is 0.224 e. The highest BCUT2D eigenvalue weighted by atomic mass is 16.5. The average molecular weight is 248 g/mol. The van der Waals surface area contributed by atoms with Crippen LogP contribution >= 0.6 is 0 Å². The van der Waals surface area contributed by atoms with E-state index in [1.807, 2.05) is 6.92 Å². The molecule has 0 unspecified atom stereocenters. The first-order valence-electron chi connectivity index (χ1n) is 5.59. The maximum atomic E-state index is 5.60. The Morgan fingerprint density at radius 1 is 1.56 bits per heavy atom. The van der Waals surface area contributed by atoms with Crippen molar-refractivity contribution in [1.29, 1.82) is 0 Å². The third kappa shape index (κ3) is 2.95. The van der Waals surface area contributed by atoms with Crippen LogP contribution in [0.2, 0.25) is 0 Å². The molecule has 0 aliphatic rings. The van der Waals surface area contributed by atoms with Crippen LogP contribution in [0.3, 0.4) is 0 Å². The van der Waals surface area contributed by atoms with Crippen LogP contribution in [0, 0.1) is 0 Å². The molecule has 7 heteroatoms. The second-order valence-corrected chi connectivity index (χ2v) is 3.97. The zero-order valence-electron chi connectivity index (χ0n) is 10.2. The fraction of sp³-hybridized carbons (Fsp3) is 0.364. The predicted octanol–water partition coefficient (Wildman–Crippen LogP) is 0.940. The number of hydrogen-bond acceptors (Lipinski definition) is 6. The van der Waals surface area contributed by atoms with Gasteiger partial charge in [0.1, 0.15) is 5.52 Å². The fourth-order valence-electron chi connectivity index (χ4n) is 1.47. The van der Waals surface area contributed by atoms with Gasteiger partial charge in [-0.05, 0) is 6.92 Å². The molecule has 2 heterocycles. The zero-order valence-corrected chi connectivity index (χ0v) is 10.2. The number of nitrogens with one attached hydrogen (secondary N) is 2. The van der Waals surface area contributed by atoms with Crippen LogP contribution in [-0.2, 0) is 4.74 Å². The molecule has 0 aromatic carbocycles. The highest BCUT2D eigenvalue weighted by Crippen LogP contribution is 2.16. The van der Waals surface area contributed by atoms with Gasteiger partial charge in [0.15, 0.2) is 11.5 Å². The van der Waals surface area contributed by atoms with E-state index < -0.39 is 0 Å². The number of nitrogens with two attached hydrogens (primary N) is 1. The molecule has 2 aromatic rings. The number of rotatable bonds is 6. The lowest BCUT2D eigenvalue weighted by molar-refractivity contribution is 0.167. The van der Waals surface area contributed by atoms with Gasteiger partial charge in [-0.2, -0.15) is 9.97 Å². The largest absolute Gasteiger partial charge is 0.375 e. The molecule has 7 nitrogen and oxygen atoms in total. The van der Waals surface area contributed by atoms with Gasteiger partial charge in [-0.15, -0.1) is 0 Å². The summed E-state index contributed by atoms with van der Waals surface area (Å²) in [7, 11) is 0. The minimum atomic E-state index is 0.194. The SMILES string of the molecule is C=C(C)COCCNc1nc(N)nc2nc[nH]c12. The van der Waals surface area contributed by atoms with E-state index in [0.717, 1.165) is 11.1 Å². The quantitative estimate of drug-likeness (QED) is 0.519. The van der Waals surface area contributed by atoms with E-state index in [2.05, 4.69) is 31.8 Å². The third-order valence-corrected chi connectivity index (χ3v) is 2.19. The van der Waals surface area contributed by atoms with Crippen molar-refractivity contribution in [3.8, 4) is 0 Å². The van der Waals surface area contributed by atoms with Gasteiger partial charge in [0.25, 0.3) is 0 Å². The molecule has 0 spiro atoms. The molecule has 18 heavy (non-hydrogen) atoms. The van der Waals surface area contributed by atoms with Crippen molar-refractivity contribution in [3.05, 3.63) is 18.5 Å². The van der Waals surface area contributed by atoms with Gasteiger partial charge in [0.2, 0.25) is 5.95 Å². The monoisotopic (exact) mass is 248 g/mol. The molecular formula is C11H16N6O. The molecule has 0 aliphatic heterocycles. The molecule has 0 amide bonds. The number of fused-ring (bicyclic) bond motifs is 1. The summed E-state index contributed by atoms with van der Waals surface area (Å²) in [5, 5.41) is 3.13. The van der Waals surface area contributed by atoms with E-state index in [0.29, 0.717) is 31.2 Å². The first-order chi connectivity index (χ1) is 8.66. The van der Waals surface area contributed by atoms with Crippen molar-refractivity contribution < 1.29 is 4.74 Å². The first kappa shape index (κ1) is 12.3. The molecule has 0 fully saturated rings. The van der Waals surface area contributed by atoms with Crippen LogP contribution in [0.25, 0.3) is 11.2 Å². The van der Waals surface area contributed by atoms with Gasteiger partial charge in [0.05, 0.1) is 19.5 Å². The molecular weight excluding hydrogens is 232 g/mol.